The van der Waals surface area contributed by atoms with E-state index in [1.165, 1.54) is 11.1 Å². The Morgan fingerprint density at radius 1 is 1.11 bits per heavy atom. The number of benzene rings is 1. The fraction of sp³-hybridized carbons (Fsp3) is 0.636. The van der Waals surface area contributed by atoms with E-state index < -0.39 is 17.4 Å². The molecule has 1 aromatic rings. The number of hydrogen-bond donors (Lipinski definition) is 0. The van der Waals surface area contributed by atoms with Crippen LogP contribution >= 0.6 is 0 Å². The third-order valence-electron chi connectivity index (χ3n) is 7.37. The summed E-state index contributed by atoms with van der Waals surface area (Å²) in [5, 5.41) is 0. The number of esters is 2. The average Bonchev–Trinajstić information content (AvgIpc) is 2.65. The third kappa shape index (κ3) is 2.33. The van der Waals surface area contributed by atoms with E-state index in [1.807, 2.05) is 0 Å². The van der Waals surface area contributed by atoms with Gasteiger partial charge in [0.15, 0.2) is 5.41 Å². The van der Waals surface area contributed by atoms with E-state index in [-0.39, 0.29) is 30.6 Å². The molecule has 3 unspecified atom stereocenters. The van der Waals surface area contributed by atoms with Crippen LogP contribution in [0.3, 0.4) is 0 Å². The molecule has 4 atom stereocenters. The predicted octanol–water partition coefficient (Wildman–Crippen LogP) is 2.71. The highest BCUT2D eigenvalue weighted by atomic mass is 16.6. The Balaban J connectivity index is 1.82. The zero-order valence-electron chi connectivity index (χ0n) is 16.7. The van der Waals surface area contributed by atoms with Gasteiger partial charge in [0.2, 0.25) is 0 Å². The Labute approximate surface area is 161 Å². The number of nitrogens with zero attached hydrogens (tertiary/aromatic N) is 1. The highest BCUT2D eigenvalue weighted by Gasteiger charge is 2.70. The van der Waals surface area contributed by atoms with Gasteiger partial charge in [-0.1, -0.05) is 31.2 Å². The lowest BCUT2D eigenvalue weighted by Crippen LogP contribution is -2.74. The molecule has 2 aliphatic carbocycles. The van der Waals surface area contributed by atoms with Crippen LogP contribution in [-0.4, -0.2) is 49.2 Å². The zero-order chi connectivity index (χ0) is 19.4. The van der Waals surface area contributed by atoms with Crippen molar-refractivity contribution >= 4 is 11.9 Å². The normalized spacial score (nSPS) is 33.3. The number of ether oxygens (including phenoxy) is 2. The quantitative estimate of drug-likeness (QED) is 0.602. The lowest BCUT2D eigenvalue weighted by Gasteiger charge is -2.66. The van der Waals surface area contributed by atoms with Crippen LogP contribution in [0.25, 0.3) is 0 Å². The molecule has 2 aliphatic heterocycles. The minimum atomic E-state index is -1.21. The van der Waals surface area contributed by atoms with Gasteiger partial charge >= 0.3 is 11.9 Å². The van der Waals surface area contributed by atoms with Crippen LogP contribution in [-0.2, 0) is 30.9 Å². The fourth-order valence-electron chi connectivity index (χ4n) is 6.12. The van der Waals surface area contributed by atoms with Crippen LogP contribution in [0, 0.1) is 11.3 Å². The molecule has 5 nitrogen and oxygen atoms in total. The van der Waals surface area contributed by atoms with Crippen molar-refractivity contribution in [2.45, 2.75) is 57.5 Å². The molecule has 5 rings (SSSR count). The van der Waals surface area contributed by atoms with Crippen LogP contribution in [0.1, 0.15) is 44.7 Å². The fourth-order valence-corrected chi connectivity index (χ4v) is 6.12. The summed E-state index contributed by atoms with van der Waals surface area (Å²) in [6, 6.07) is 8.77. The Morgan fingerprint density at radius 3 is 2.37 bits per heavy atom. The van der Waals surface area contributed by atoms with Gasteiger partial charge in [0.1, 0.15) is 0 Å². The molecule has 27 heavy (non-hydrogen) atoms. The first kappa shape index (κ1) is 18.5. The van der Waals surface area contributed by atoms with Crippen LogP contribution < -0.4 is 0 Å². The molecule has 2 saturated heterocycles. The van der Waals surface area contributed by atoms with Gasteiger partial charge in [-0.15, -0.1) is 0 Å². The zero-order valence-corrected chi connectivity index (χ0v) is 16.7. The van der Waals surface area contributed by atoms with E-state index >= 15 is 0 Å². The number of likely N-dealkylation sites (N-methyl/N-ethyl adjacent to an activating group) is 1. The monoisotopic (exact) mass is 371 g/mol. The largest absolute Gasteiger partial charge is 0.465 e. The highest BCUT2D eigenvalue weighted by molar-refractivity contribution is 6.01. The smallest absolute Gasteiger partial charge is 0.325 e. The third-order valence-corrected chi connectivity index (χ3v) is 7.37. The van der Waals surface area contributed by atoms with Crippen molar-refractivity contribution in [2.24, 2.45) is 11.3 Å². The molecule has 4 aliphatic rings. The summed E-state index contributed by atoms with van der Waals surface area (Å²) in [5.41, 5.74) is 1.53. The molecule has 146 valence electrons. The number of carbonyl (C=O) groups excluding carboxylic acids is 2. The average molecular weight is 371 g/mol. The number of rotatable bonds is 4. The standard InChI is InChI=1S/C22H29NO4/c1-5-26-19(24)22(20(25)27-6-2)12-16-17-11-14-9-7-8-10-15(14)21(16,3)13-18(22)23(17)4/h7-10,16-18H,5-6,11-13H2,1-4H3/t16?,17?,18?,21-/m1/s1. The summed E-state index contributed by atoms with van der Waals surface area (Å²) >= 11 is 0. The summed E-state index contributed by atoms with van der Waals surface area (Å²) < 4.78 is 10.8. The Hall–Kier alpha value is -1.88. The molecule has 4 bridgehead atoms. The minimum Gasteiger partial charge on any atom is -0.465 e. The van der Waals surface area contributed by atoms with Crippen molar-refractivity contribution in [3.05, 3.63) is 35.4 Å². The summed E-state index contributed by atoms with van der Waals surface area (Å²) in [6.45, 7) is 6.42. The van der Waals surface area contributed by atoms with Crippen molar-refractivity contribution in [1.82, 2.24) is 4.90 Å². The second-order valence-corrected chi connectivity index (χ2v) is 8.45. The maximum Gasteiger partial charge on any atom is 0.325 e. The molecular formula is C22H29NO4. The van der Waals surface area contributed by atoms with E-state index in [0.717, 1.165) is 12.8 Å². The lowest BCUT2D eigenvalue weighted by atomic mass is 9.46. The molecule has 0 aromatic heterocycles. The van der Waals surface area contributed by atoms with E-state index in [9.17, 15) is 9.59 Å². The van der Waals surface area contributed by atoms with Crippen molar-refractivity contribution in [2.75, 3.05) is 20.3 Å². The van der Waals surface area contributed by atoms with Crippen molar-refractivity contribution < 1.29 is 19.1 Å². The molecular weight excluding hydrogens is 342 g/mol. The Morgan fingerprint density at radius 2 is 1.74 bits per heavy atom. The van der Waals surface area contributed by atoms with Crippen molar-refractivity contribution in [3.63, 3.8) is 0 Å². The Bertz CT molecular complexity index is 757. The number of piperidine rings is 2. The topological polar surface area (TPSA) is 55.8 Å². The van der Waals surface area contributed by atoms with Gasteiger partial charge in [0.05, 0.1) is 13.2 Å². The number of carbonyl (C=O) groups is 2. The van der Waals surface area contributed by atoms with Gasteiger partial charge in [0, 0.05) is 12.1 Å². The Kier molecular flexibility index (Phi) is 4.34. The second kappa shape index (κ2) is 6.33. The number of fused-ring (bicyclic) bond motifs is 2. The van der Waals surface area contributed by atoms with E-state index in [1.54, 1.807) is 13.8 Å². The summed E-state index contributed by atoms with van der Waals surface area (Å²) in [7, 11) is 2.06. The second-order valence-electron chi connectivity index (χ2n) is 8.45. The first-order valence-corrected chi connectivity index (χ1v) is 10.0. The maximum atomic E-state index is 13.1. The van der Waals surface area contributed by atoms with E-state index in [4.69, 9.17) is 9.47 Å². The van der Waals surface area contributed by atoms with Crippen LogP contribution in [0.15, 0.2) is 24.3 Å². The highest BCUT2D eigenvalue weighted by Crippen LogP contribution is 2.61. The maximum absolute atomic E-state index is 13.1. The molecule has 0 N–H and O–H groups in total. The predicted molar refractivity (Wildman–Crippen MR) is 101 cm³/mol. The van der Waals surface area contributed by atoms with E-state index in [0.29, 0.717) is 12.5 Å². The molecule has 0 spiro atoms. The van der Waals surface area contributed by atoms with Gasteiger partial charge in [-0.25, -0.2) is 0 Å². The molecule has 2 heterocycles. The molecule has 1 saturated carbocycles. The first-order chi connectivity index (χ1) is 12.9. The molecule has 5 heteroatoms. The van der Waals surface area contributed by atoms with Gasteiger partial charge in [-0.05, 0) is 62.6 Å². The summed E-state index contributed by atoms with van der Waals surface area (Å²) in [6.07, 6.45) is 2.24. The summed E-state index contributed by atoms with van der Waals surface area (Å²) in [4.78, 5) is 28.4. The van der Waals surface area contributed by atoms with Gasteiger partial charge in [0.25, 0.3) is 0 Å². The summed E-state index contributed by atoms with van der Waals surface area (Å²) in [5.74, 6) is -0.615. The van der Waals surface area contributed by atoms with Crippen LogP contribution in [0.5, 0.6) is 0 Å². The SMILES string of the molecule is CCOC(=O)C1(C(=O)OCC)CC2C3Cc4ccccc4[C@@]2(C)CC1N3C. The lowest BCUT2D eigenvalue weighted by molar-refractivity contribution is -0.201. The molecule has 1 aromatic carbocycles. The van der Waals surface area contributed by atoms with Gasteiger partial charge in [-0.3, -0.25) is 14.5 Å². The molecule has 0 radical (unpaired) electrons. The van der Waals surface area contributed by atoms with Crippen LogP contribution in [0.4, 0.5) is 0 Å². The van der Waals surface area contributed by atoms with Crippen molar-refractivity contribution in [1.29, 1.82) is 0 Å². The molecule has 0 amide bonds. The van der Waals surface area contributed by atoms with Crippen molar-refractivity contribution in [3.8, 4) is 0 Å². The van der Waals surface area contributed by atoms with Gasteiger partial charge in [-0.2, -0.15) is 0 Å². The van der Waals surface area contributed by atoms with Crippen LogP contribution in [0.2, 0.25) is 0 Å². The minimum absolute atomic E-state index is 0.0286. The molecule has 3 fully saturated rings. The van der Waals surface area contributed by atoms with E-state index in [2.05, 4.69) is 43.1 Å². The first-order valence-electron chi connectivity index (χ1n) is 10.0. The number of hydrogen-bond acceptors (Lipinski definition) is 5. The van der Waals surface area contributed by atoms with Gasteiger partial charge < -0.3 is 9.47 Å².